The number of nitrogens with one attached hydrogen (secondary N) is 2. The number of carbonyl (C=O) groups excluding carboxylic acids is 1. The summed E-state index contributed by atoms with van der Waals surface area (Å²) in [5.74, 6) is 0. The SMILES string of the molecule is Cc1nc(-c2ccc(NC(=O)NC[C@@H](C)O)cc2)cs1. The molecule has 1 aromatic carbocycles. The number of urea groups is 1. The lowest BCUT2D eigenvalue weighted by atomic mass is 10.1. The molecule has 20 heavy (non-hydrogen) atoms. The van der Waals surface area contributed by atoms with Gasteiger partial charge in [-0.05, 0) is 26.0 Å². The van der Waals surface area contributed by atoms with Gasteiger partial charge in [0, 0.05) is 23.2 Å². The third kappa shape index (κ3) is 4.04. The quantitative estimate of drug-likeness (QED) is 0.810. The fraction of sp³-hybridized carbons (Fsp3) is 0.286. The number of hydrogen-bond donors (Lipinski definition) is 3. The van der Waals surface area contributed by atoms with Crippen molar-refractivity contribution in [1.82, 2.24) is 10.3 Å². The van der Waals surface area contributed by atoms with E-state index in [4.69, 9.17) is 5.11 Å². The normalized spacial score (nSPS) is 11.9. The Bertz CT molecular complexity index is 578. The van der Waals surface area contributed by atoms with Gasteiger partial charge < -0.3 is 15.7 Å². The third-order valence-corrected chi connectivity index (χ3v) is 3.39. The zero-order chi connectivity index (χ0) is 14.5. The van der Waals surface area contributed by atoms with Crippen molar-refractivity contribution in [3.63, 3.8) is 0 Å². The third-order valence-electron chi connectivity index (χ3n) is 2.62. The van der Waals surface area contributed by atoms with E-state index in [-0.39, 0.29) is 12.6 Å². The molecule has 6 heteroatoms. The van der Waals surface area contributed by atoms with Gasteiger partial charge in [0.25, 0.3) is 0 Å². The van der Waals surface area contributed by atoms with Crippen LogP contribution in [0.2, 0.25) is 0 Å². The highest BCUT2D eigenvalue weighted by Crippen LogP contribution is 2.22. The van der Waals surface area contributed by atoms with Crippen LogP contribution < -0.4 is 10.6 Å². The molecule has 1 heterocycles. The summed E-state index contributed by atoms with van der Waals surface area (Å²) in [6.45, 7) is 3.81. The lowest BCUT2D eigenvalue weighted by Crippen LogP contribution is -2.34. The molecule has 0 saturated carbocycles. The Kier molecular flexibility index (Phi) is 4.70. The van der Waals surface area contributed by atoms with Gasteiger partial charge in [0.2, 0.25) is 0 Å². The Morgan fingerprint density at radius 3 is 2.65 bits per heavy atom. The fourth-order valence-corrected chi connectivity index (χ4v) is 2.26. The highest BCUT2D eigenvalue weighted by molar-refractivity contribution is 7.09. The van der Waals surface area contributed by atoms with Gasteiger partial charge in [0.15, 0.2) is 0 Å². The van der Waals surface area contributed by atoms with Crippen LogP contribution in [-0.4, -0.2) is 28.8 Å². The molecule has 106 valence electrons. The van der Waals surface area contributed by atoms with Crippen molar-refractivity contribution in [3.8, 4) is 11.3 Å². The first-order valence-corrected chi connectivity index (χ1v) is 7.18. The van der Waals surface area contributed by atoms with Crippen LogP contribution in [0.1, 0.15) is 11.9 Å². The molecule has 0 aliphatic rings. The van der Waals surface area contributed by atoms with Gasteiger partial charge in [0.05, 0.1) is 16.8 Å². The van der Waals surface area contributed by atoms with Crippen molar-refractivity contribution in [2.24, 2.45) is 0 Å². The molecule has 0 fully saturated rings. The number of amides is 2. The first kappa shape index (κ1) is 14.5. The minimum absolute atomic E-state index is 0.224. The van der Waals surface area contributed by atoms with Crippen LogP contribution in [0.15, 0.2) is 29.6 Å². The predicted octanol–water partition coefficient (Wildman–Crippen LogP) is 2.62. The number of nitrogens with zero attached hydrogens (tertiary/aromatic N) is 1. The van der Waals surface area contributed by atoms with E-state index in [2.05, 4.69) is 15.6 Å². The monoisotopic (exact) mass is 291 g/mol. The molecule has 2 rings (SSSR count). The summed E-state index contributed by atoms with van der Waals surface area (Å²) >= 11 is 1.61. The molecule has 5 nitrogen and oxygen atoms in total. The van der Waals surface area contributed by atoms with Crippen LogP contribution in [0.25, 0.3) is 11.3 Å². The molecule has 2 aromatic rings. The van der Waals surface area contributed by atoms with Crippen LogP contribution in [0, 0.1) is 6.92 Å². The van der Waals surface area contributed by atoms with Gasteiger partial charge >= 0.3 is 6.03 Å². The Hall–Kier alpha value is -1.92. The van der Waals surface area contributed by atoms with E-state index in [1.165, 1.54) is 0 Å². The van der Waals surface area contributed by atoms with Gasteiger partial charge in [0.1, 0.15) is 0 Å². The molecule has 0 radical (unpaired) electrons. The maximum absolute atomic E-state index is 11.5. The topological polar surface area (TPSA) is 74.2 Å². The van der Waals surface area contributed by atoms with Crippen molar-refractivity contribution >= 4 is 23.1 Å². The molecule has 0 saturated heterocycles. The number of aryl methyl sites for hydroxylation is 1. The Morgan fingerprint density at radius 1 is 1.40 bits per heavy atom. The number of thiazole rings is 1. The molecule has 0 aliphatic carbocycles. The Morgan fingerprint density at radius 2 is 2.10 bits per heavy atom. The average molecular weight is 291 g/mol. The van der Waals surface area contributed by atoms with Crippen molar-refractivity contribution < 1.29 is 9.90 Å². The van der Waals surface area contributed by atoms with Crippen LogP contribution in [-0.2, 0) is 0 Å². The predicted molar refractivity (Wildman–Crippen MR) is 81.0 cm³/mol. The highest BCUT2D eigenvalue weighted by Gasteiger charge is 2.05. The largest absolute Gasteiger partial charge is 0.392 e. The zero-order valence-corrected chi connectivity index (χ0v) is 12.2. The molecule has 0 bridgehead atoms. The van der Waals surface area contributed by atoms with Gasteiger partial charge in [-0.25, -0.2) is 9.78 Å². The second-order valence-corrected chi connectivity index (χ2v) is 5.58. The number of aromatic nitrogens is 1. The minimum atomic E-state index is -0.559. The second-order valence-electron chi connectivity index (χ2n) is 4.51. The number of hydrogen-bond acceptors (Lipinski definition) is 4. The van der Waals surface area contributed by atoms with Crippen molar-refractivity contribution in [2.45, 2.75) is 20.0 Å². The molecule has 1 aromatic heterocycles. The second kappa shape index (κ2) is 6.49. The van der Waals surface area contributed by atoms with Crippen LogP contribution in [0.3, 0.4) is 0 Å². The lowest BCUT2D eigenvalue weighted by Gasteiger charge is -2.09. The van der Waals surface area contributed by atoms with E-state index in [1.54, 1.807) is 18.3 Å². The number of aliphatic hydroxyl groups excluding tert-OH is 1. The Balaban J connectivity index is 1.96. The van der Waals surface area contributed by atoms with E-state index in [9.17, 15) is 4.79 Å². The summed E-state index contributed by atoms with van der Waals surface area (Å²) < 4.78 is 0. The van der Waals surface area contributed by atoms with Gasteiger partial charge in [-0.1, -0.05) is 12.1 Å². The molecule has 0 spiro atoms. The molecular formula is C14H17N3O2S. The summed E-state index contributed by atoms with van der Waals surface area (Å²) in [6, 6.07) is 7.15. The summed E-state index contributed by atoms with van der Waals surface area (Å²) in [5, 5.41) is 17.4. The maximum atomic E-state index is 11.5. The van der Waals surface area contributed by atoms with Gasteiger partial charge in [-0.3, -0.25) is 0 Å². The molecular weight excluding hydrogens is 274 g/mol. The number of aliphatic hydroxyl groups is 1. The van der Waals surface area contributed by atoms with E-state index in [0.29, 0.717) is 5.69 Å². The molecule has 0 unspecified atom stereocenters. The first-order valence-electron chi connectivity index (χ1n) is 6.30. The standard InChI is InChI=1S/C14H17N3O2S/c1-9(18)7-15-14(19)17-12-5-3-11(4-6-12)13-8-20-10(2)16-13/h3-6,8-9,18H,7H2,1-2H3,(H2,15,17,19)/t9-/m1/s1. The van der Waals surface area contributed by atoms with Gasteiger partial charge in [-0.15, -0.1) is 11.3 Å². The zero-order valence-electron chi connectivity index (χ0n) is 11.4. The number of anilines is 1. The smallest absolute Gasteiger partial charge is 0.319 e. The van der Waals surface area contributed by atoms with E-state index >= 15 is 0 Å². The highest BCUT2D eigenvalue weighted by atomic mass is 32.1. The fourth-order valence-electron chi connectivity index (χ4n) is 1.64. The summed E-state index contributed by atoms with van der Waals surface area (Å²) in [7, 11) is 0. The molecule has 1 atom stereocenters. The number of benzene rings is 1. The van der Waals surface area contributed by atoms with E-state index < -0.39 is 6.10 Å². The number of carbonyl (C=O) groups is 1. The van der Waals surface area contributed by atoms with Crippen molar-refractivity contribution in [1.29, 1.82) is 0 Å². The number of rotatable bonds is 4. The van der Waals surface area contributed by atoms with Crippen LogP contribution in [0.5, 0.6) is 0 Å². The maximum Gasteiger partial charge on any atom is 0.319 e. The molecule has 2 amide bonds. The van der Waals surface area contributed by atoms with Crippen LogP contribution >= 0.6 is 11.3 Å². The Labute approximate surface area is 121 Å². The van der Waals surface area contributed by atoms with Gasteiger partial charge in [-0.2, -0.15) is 0 Å². The minimum Gasteiger partial charge on any atom is -0.392 e. The summed E-state index contributed by atoms with van der Waals surface area (Å²) in [6.07, 6.45) is -0.559. The summed E-state index contributed by atoms with van der Waals surface area (Å²) in [4.78, 5) is 15.9. The van der Waals surface area contributed by atoms with E-state index in [1.807, 2.05) is 36.6 Å². The molecule has 3 N–H and O–H groups in total. The summed E-state index contributed by atoms with van der Waals surface area (Å²) in [5.41, 5.74) is 2.66. The van der Waals surface area contributed by atoms with E-state index in [0.717, 1.165) is 16.3 Å². The first-order chi connectivity index (χ1) is 9.54. The molecule has 0 aliphatic heterocycles. The van der Waals surface area contributed by atoms with Crippen molar-refractivity contribution in [2.75, 3.05) is 11.9 Å². The van der Waals surface area contributed by atoms with Crippen LogP contribution in [0.4, 0.5) is 10.5 Å². The average Bonchev–Trinajstić information content (AvgIpc) is 2.84. The van der Waals surface area contributed by atoms with Crippen molar-refractivity contribution in [3.05, 3.63) is 34.7 Å². The lowest BCUT2D eigenvalue weighted by molar-refractivity contribution is 0.190.